The molecule has 5 rings (SSSR count). The average molecular weight is 671 g/mol. The number of benzene rings is 1. The van der Waals surface area contributed by atoms with Gasteiger partial charge in [-0.05, 0) is 58.0 Å². The van der Waals surface area contributed by atoms with Crippen molar-refractivity contribution in [2.75, 3.05) is 56.2 Å². The molecule has 0 saturated carbocycles. The highest BCUT2D eigenvalue weighted by atomic mass is 35.5. The number of likely N-dealkylation sites (N-methyl/N-ethyl adjacent to an activating group) is 1. The van der Waals surface area contributed by atoms with Crippen molar-refractivity contribution in [3.05, 3.63) is 58.3 Å². The van der Waals surface area contributed by atoms with Gasteiger partial charge in [-0.3, -0.25) is 4.79 Å². The summed E-state index contributed by atoms with van der Waals surface area (Å²) in [7, 11) is 2.03. The van der Waals surface area contributed by atoms with E-state index in [4.69, 9.17) is 21.3 Å². The summed E-state index contributed by atoms with van der Waals surface area (Å²) >= 11 is 6.04. The number of anilines is 2. The third-order valence-electron chi connectivity index (χ3n) is 8.51. The molecule has 1 amide bonds. The molecule has 2 aromatic rings. The number of pyridine rings is 1. The first-order valence-corrected chi connectivity index (χ1v) is 14.5. The number of alkyl halides is 3. The van der Waals surface area contributed by atoms with Crippen molar-refractivity contribution >= 4 is 55.9 Å². The number of hydrogen-bond donors (Lipinski definition) is 0. The highest BCUT2D eigenvalue weighted by Gasteiger charge is 2.39. The van der Waals surface area contributed by atoms with Gasteiger partial charge in [-0.25, -0.2) is 4.98 Å². The van der Waals surface area contributed by atoms with Crippen molar-refractivity contribution in [1.82, 2.24) is 14.8 Å². The molecule has 3 aliphatic heterocycles. The van der Waals surface area contributed by atoms with Crippen molar-refractivity contribution in [3.63, 3.8) is 0 Å². The summed E-state index contributed by atoms with van der Waals surface area (Å²) < 4.78 is 48.3. The molecule has 0 N–H and O–H groups in total. The van der Waals surface area contributed by atoms with Gasteiger partial charge in [-0.15, -0.1) is 0 Å². The number of hydrogen-bond acceptors (Lipinski definition) is 7. The summed E-state index contributed by atoms with van der Waals surface area (Å²) in [6.07, 6.45) is -0.928. The molecule has 0 aliphatic carbocycles. The SMILES string of the molecule is C=CC(=O)N1CCN(c2c(C#N)c(OC[C@@H]3CCCN3C)nc3c2CCN(c2cccc(Cl)c2C(F)(F)F)C3)C[C@@H]1C.S.S. The number of nitrogens with zero attached hydrogens (tertiary/aromatic N) is 6. The average Bonchev–Trinajstić information content (AvgIpc) is 3.37. The van der Waals surface area contributed by atoms with Crippen LogP contribution in [0.15, 0.2) is 30.9 Å². The van der Waals surface area contributed by atoms with Gasteiger partial charge in [0.25, 0.3) is 0 Å². The van der Waals surface area contributed by atoms with Crippen molar-refractivity contribution in [1.29, 1.82) is 5.26 Å². The third kappa shape index (κ3) is 7.03. The molecule has 8 nitrogen and oxygen atoms in total. The van der Waals surface area contributed by atoms with E-state index in [0.29, 0.717) is 49.6 Å². The molecule has 1 aromatic carbocycles. The second-order valence-corrected chi connectivity index (χ2v) is 11.5. The van der Waals surface area contributed by atoms with Gasteiger partial charge in [0.05, 0.1) is 34.2 Å². The summed E-state index contributed by atoms with van der Waals surface area (Å²) in [5, 5.41) is 10.0. The minimum Gasteiger partial charge on any atom is -0.475 e. The predicted molar refractivity (Wildman–Crippen MR) is 176 cm³/mol. The Morgan fingerprint density at radius 1 is 1.23 bits per heavy atom. The van der Waals surface area contributed by atoms with Gasteiger partial charge in [-0.1, -0.05) is 24.2 Å². The van der Waals surface area contributed by atoms with E-state index in [1.165, 1.54) is 24.3 Å². The molecule has 4 heterocycles. The van der Waals surface area contributed by atoms with Crippen LogP contribution in [0, 0.1) is 11.3 Å². The van der Waals surface area contributed by atoms with E-state index in [2.05, 4.69) is 22.4 Å². The van der Waals surface area contributed by atoms with E-state index < -0.39 is 11.7 Å². The zero-order valence-corrected chi connectivity index (χ0v) is 27.5. The van der Waals surface area contributed by atoms with E-state index in [1.54, 1.807) is 9.80 Å². The molecule has 2 fully saturated rings. The Kier molecular flexibility index (Phi) is 11.8. The van der Waals surface area contributed by atoms with E-state index in [1.807, 2.05) is 14.0 Å². The summed E-state index contributed by atoms with van der Waals surface area (Å²) in [5.41, 5.74) is 1.51. The zero-order valence-electron chi connectivity index (χ0n) is 24.8. The van der Waals surface area contributed by atoms with Crippen LogP contribution in [-0.2, 0) is 23.9 Å². The van der Waals surface area contributed by atoms with Crippen molar-refractivity contribution in [3.8, 4) is 11.9 Å². The van der Waals surface area contributed by atoms with E-state index in [0.717, 1.165) is 24.9 Å². The van der Waals surface area contributed by atoms with Crippen LogP contribution in [0.25, 0.3) is 0 Å². The molecule has 3 aliphatic rings. The molecule has 0 spiro atoms. The van der Waals surface area contributed by atoms with Crippen LogP contribution in [0.3, 0.4) is 0 Å². The standard InChI is InChI=1S/C30H34ClF3N6O2.2H2S/c1-4-26(41)40-14-13-39(16-19(40)2)28-21-10-12-38(25-9-5-8-23(31)27(25)30(32,33)34)17-24(21)36-29(22(28)15-35)42-18-20-7-6-11-37(20)3;;/h4-5,8-9,19-20H,1,6-7,10-14,16-18H2,2-3H3;2*1H2/t19-,20-;;/m0../s1. The lowest BCUT2D eigenvalue weighted by Gasteiger charge is -2.42. The van der Waals surface area contributed by atoms with Gasteiger partial charge in [0.1, 0.15) is 18.2 Å². The lowest BCUT2D eigenvalue weighted by atomic mass is 9.96. The number of likely N-dealkylation sites (tertiary alicyclic amines) is 1. The van der Waals surface area contributed by atoms with Crippen molar-refractivity contribution in [2.45, 2.75) is 51.0 Å². The molecular weight excluding hydrogens is 633 g/mol. The molecule has 14 heteroatoms. The molecular formula is C30H38ClF3N6O2S2. The lowest BCUT2D eigenvalue weighted by molar-refractivity contribution is -0.137. The summed E-state index contributed by atoms with van der Waals surface area (Å²) in [4.78, 5) is 24.8. The fourth-order valence-electron chi connectivity index (χ4n) is 6.32. The van der Waals surface area contributed by atoms with Crippen LogP contribution in [0.1, 0.15) is 42.1 Å². The highest BCUT2D eigenvalue weighted by molar-refractivity contribution is 7.59. The third-order valence-corrected chi connectivity index (χ3v) is 8.82. The molecule has 1 aromatic heterocycles. The molecule has 2 saturated heterocycles. The number of carbonyl (C=O) groups excluding carboxylic acids is 1. The maximum absolute atomic E-state index is 14.0. The number of fused-ring (bicyclic) bond motifs is 1. The Bertz CT molecular complexity index is 1420. The molecule has 44 heavy (non-hydrogen) atoms. The van der Waals surface area contributed by atoms with Gasteiger partial charge < -0.3 is 24.3 Å². The van der Waals surface area contributed by atoms with E-state index >= 15 is 0 Å². The largest absolute Gasteiger partial charge is 0.475 e. The topological polar surface area (TPSA) is 75.9 Å². The summed E-state index contributed by atoms with van der Waals surface area (Å²) in [5.74, 6) is 0.0366. The number of aromatic nitrogens is 1. The monoisotopic (exact) mass is 670 g/mol. The second-order valence-electron chi connectivity index (χ2n) is 11.1. The number of piperazine rings is 1. The number of amides is 1. The first kappa shape index (κ1) is 35.7. The number of nitriles is 1. The predicted octanol–water partition coefficient (Wildman–Crippen LogP) is 5.11. The minimum atomic E-state index is -4.63. The van der Waals surface area contributed by atoms with E-state index in [-0.39, 0.29) is 74.7 Å². The van der Waals surface area contributed by atoms with Crippen molar-refractivity contribution in [2.24, 2.45) is 0 Å². The first-order valence-electron chi connectivity index (χ1n) is 14.1. The van der Waals surface area contributed by atoms with Crippen LogP contribution < -0.4 is 14.5 Å². The minimum absolute atomic E-state index is 0. The molecule has 0 radical (unpaired) electrons. The van der Waals surface area contributed by atoms with Gasteiger partial charge in [0.2, 0.25) is 11.8 Å². The number of halogens is 4. The fraction of sp³-hybridized carbons (Fsp3) is 0.500. The Labute approximate surface area is 275 Å². The van der Waals surface area contributed by atoms with Gasteiger partial charge in [0, 0.05) is 43.8 Å². The Balaban J connectivity index is 0.00000264. The van der Waals surface area contributed by atoms with Crippen molar-refractivity contribution < 1.29 is 22.7 Å². The van der Waals surface area contributed by atoms with Crippen LogP contribution in [0.5, 0.6) is 5.88 Å². The smallest absolute Gasteiger partial charge is 0.419 e. The molecule has 2 atom stereocenters. The summed E-state index contributed by atoms with van der Waals surface area (Å²) in [6, 6.07) is 6.54. The van der Waals surface area contributed by atoms with Crippen LogP contribution in [0.2, 0.25) is 5.02 Å². The van der Waals surface area contributed by atoms with Gasteiger partial charge in [-0.2, -0.15) is 45.4 Å². The Hall–Kier alpha value is -2.79. The number of carbonyl (C=O) groups is 1. The van der Waals surface area contributed by atoms with Crippen LogP contribution >= 0.6 is 38.6 Å². The zero-order chi connectivity index (χ0) is 30.2. The maximum atomic E-state index is 14.0. The quantitative estimate of drug-likeness (QED) is 0.396. The lowest BCUT2D eigenvalue weighted by Crippen LogP contribution is -2.54. The van der Waals surface area contributed by atoms with Gasteiger partial charge >= 0.3 is 6.18 Å². The summed E-state index contributed by atoms with van der Waals surface area (Å²) in [6.45, 7) is 8.65. The molecule has 0 unspecified atom stereocenters. The second kappa shape index (κ2) is 14.5. The normalized spacial score (nSPS) is 20.2. The highest BCUT2D eigenvalue weighted by Crippen LogP contribution is 2.44. The van der Waals surface area contributed by atoms with Crippen LogP contribution in [0.4, 0.5) is 24.5 Å². The maximum Gasteiger partial charge on any atom is 0.419 e. The van der Waals surface area contributed by atoms with E-state index in [9.17, 15) is 23.2 Å². The number of rotatable bonds is 6. The Morgan fingerprint density at radius 2 is 1.98 bits per heavy atom. The van der Waals surface area contributed by atoms with Crippen LogP contribution in [-0.4, -0.2) is 79.2 Å². The molecule has 240 valence electrons. The van der Waals surface area contributed by atoms with Gasteiger partial charge in [0.15, 0.2) is 0 Å². The Morgan fingerprint density at radius 3 is 2.59 bits per heavy atom. The molecule has 0 bridgehead atoms. The first-order chi connectivity index (χ1) is 20.0. The number of ether oxygens (including phenoxy) is 1. The fourth-order valence-corrected chi connectivity index (χ4v) is 6.60.